The molecule has 0 unspecified atom stereocenters. The Hall–Kier alpha value is -0.260. The van der Waals surface area contributed by atoms with E-state index in [-0.39, 0.29) is 0 Å². The van der Waals surface area contributed by atoms with Gasteiger partial charge in [-0.25, -0.2) is 0 Å². The quantitative estimate of drug-likeness (QED) is 0.412. The lowest BCUT2D eigenvalue weighted by Crippen LogP contribution is -2.46. The molecule has 119 valence electrons. The molecule has 0 heteroatoms. The van der Waals surface area contributed by atoms with Gasteiger partial charge in [-0.2, -0.15) is 0 Å². The van der Waals surface area contributed by atoms with E-state index in [4.69, 9.17) is 6.58 Å². The number of hydrogen-bond donors (Lipinski definition) is 0. The van der Waals surface area contributed by atoms with E-state index >= 15 is 0 Å². The van der Waals surface area contributed by atoms with Gasteiger partial charge in [-0.05, 0) is 48.3 Å². The molecule has 0 aromatic rings. The Kier molecular flexibility index (Phi) is 7.56. The maximum Gasteiger partial charge on any atom is -0.0200 e. The number of hydrogen-bond acceptors (Lipinski definition) is 0. The van der Waals surface area contributed by atoms with Gasteiger partial charge in [-0.15, -0.1) is 0 Å². The van der Waals surface area contributed by atoms with Gasteiger partial charge in [0, 0.05) is 0 Å². The molecule has 0 bridgehead atoms. The van der Waals surface area contributed by atoms with Crippen molar-refractivity contribution in [2.24, 2.45) is 16.2 Å². The number of rotatable bonds is 8. The molecule has 0 fully saturated rings. The molecule has 0 spiro atoms. The molecule has 0 aromatic carbocycles. The Morgan fingerprint density at radius 1 is 0.800 bits per heavy atom. The fourth-order valence-corrected chi connectivity index (χ4v) is 4.21. The van der Waals surface area contributed by atoms with Crippen LogP contribution in [-0.4, -0.2) is 0 Å². The molecular formula is C20H39. The second kappa shape index (κ2) is 7.66. The largest absolute Gasteiger partial charge is 0.0702 e. The van der Waals surface area contributed by atoms with Crippen molar-refractivity contribution in [1.82, 2.24) is 0 Å². The van der Waals surface area contributed by atoms with E-state index in [2.05, 4.69) is 55.4 Å². The highest BCUT2D eigenvalue weighted by molar-refractivity contribution is 5.01. The topological polar surface area (TPSA) is 0 Å². The highest BCUT2D eigenvalue weighted by Crippen LogP contribution is 2.57. The van der Waals surface area contributed by atoms with Crippen molar-refractivity contribution in [3.63, 3.8) is 0 Å². The SMILES string of the molecule is [CH]=C(CCCCC)CCC(CC)(C(C)(C)C)C(C)(C)C. The van der Waals surface area contributed by atoms with E-state index < -0.39 is 0 Å². The second-order valence-corrected chi connectivity index (χ2v) is 8.55. The van der Waals surface area contributed by atoms with Gasteiger partial charge in [-0.3, -0.25) is 0 Å². The summed E-state index contributed by atoms with van der Waals surface area (Å²) >= 11 is 0. The Balaban J connectivity index is 4.82. The van der Waals surface area contributed by atoms with Gasteiger partial charge in [0.15, 0.2) is 0 Å². The lowest BCUT2D eigenvalue weighted by atomic mass is 9.51. The fraction of sp³-hybridized carbons (Fsp3) is 0.900. The Morgan fingerprint density at radius 2 is 1.30 bits per heavy atom. The van der Waals surface area contributed by atoms with Crippen LogP contribution in [0.2, 0.25) is 0 Å². The number of allylic oxidation sites excluding steroid dienone is 1. The highest BCUT2D eigenvalue weighted by atomic mass is 14.5. The van der Waals surface area contributed by atoms with E-state index in [9.17, 15) is 0 Å². The molecule has 0 saturated heterocycles. The Labute approximate surface area is 129 Å². The van der Waals surface area contributed by atoms with Crippen LogP contribution >= 0.6 is 0 Å². The Bertz CT molecular complexity index is 268. The summed E-state index contributed by atoms with van der Waals surface area (Å²) in [5, 5.41) is 0. The molecule has 20 heavy (non-hydrogen) atoms. The van der Waals surface area contributed by atoms with E-state index in [1.807, 2.05) is 0 Å². The minimum Gasteiger partial charge on any atom is -0.0702 e. The van der Waals surface area contributed by atoms with Gasteiger partial charge < -0.3 is 0 Å². The molecule has 0 aromatic heterocycles. The zero-order chi connectivity index (χ0) is 16.0. The first kappa shape index (κ1) is 19.7. The molecule has 0 aliphatic carbocycles. The van der Waals surface area contributed by atoms with Crippen LogP contribution in [0.3, 0.4) is 0 Å². The average Bonchev–Trinajstić information content (AvgIpc) is 2.27. The molecule has 0 nitrogen and oxygen atoms in total. The van der Waals surface area contributed by atoms with Crippen LogP contribution in [0.15, 0.2) is 5.57 Å². The van der Waals surface area contributed by atoms with E-state index in [0.717, 1.165) is 12.8 Å². The van der Waals surface area contributed by atoms with Gasteiger partial charge in [0.05, 0.1) is 0 Å². The fourth-order valence-electron chi connectivity index (χ4n) is 4.21. The zero-order valence-electron chi connectivity index (χ0n) is 15.5. The van der Waals surface area contributed by atoms with Crippen LogP contribution in [0.1, 0.15) is 100 Å². The number of unbranched alkanes of at least 4 members (excludes halogenated alkanes) is 2. The van der Waals surface area contributed by atoms with Crippen molar-refractivity contribution >= 4 is 0 Å². The van der Waals surface area contributed by atoms with Gasteiger partial charge in [0.25, 0.3) is 0 Å². The summed E-state index contributed by atoms with van der Waals surface area (Å²) in [6.07, 6.45) is 8.48. The molecule has 0 amide bonds. The van der Waals surface area contributed by atoms with Crippen molar-refractivity contribution in [2.45, 2.75) is 100 Å². The second-order valence-electron chi connectivity index (χ2n) is 8.55. The van der Waals surface area contributed by atoms with E-state index in [1.165, 1.54) is 37.7 Å². The molecule has 0 aliphatic heterocycles. The summed E-state index contributed by atoms with van der Waals surface area (Å²) in [6.45, 7) is 25.3. The standard InChI is InChI=1S/C20H39/c1-10-12-13-14-17(3)15-16-20(11-2,18(4,5)6)19(7,8)9/h3H,10-16H2,1-2,4-9H3. The lowest BCUT2D eigenvalue weighted by Gasteiger charge is -2.54. The normalized spacial score (nSPS) is 13.6. The molecule has 0 atom stereocenters. The van der Waals surface area contributed by atoms with Crippen molar-refractivity contribution in [3.8, 4) is 0 Å². The zero-order valence-corrected chi connectivity index (χ0v) is 15.5. The first-order chi connectivity index (χ1) is 9.02. The molecule has 0 heterocycles. The third kappa shape index (κ3) is 4.93. The van der Waals surface area contributed by atoms with Crippen LogP contribution in [0.4, 0.5) is 0 Å². The first-order valence-corrected chi connectivity index (χ1v) is 8.62. The van der Waals surface area contributed by atoms with Crippen LogP contribution < -0.4 is 0 Å². The predicted molar refractivity (Wildman–Crippen MR) is 92.8 cm³/mol. The van der Waals surface area contributed by atoms with Crippen LogP contribution in [0.25, 0.3) is 0 Å². The van der Waals surface area contributed by atoms with Crippen LogP contribution in [-0.2, 0) is 0 Å². The van der Waals surface area contributed by atoms with Gasteiger partial charge in [0.2, 0.25) is 0 Å². The van der Waals surface area contributed by atoms with Crippen LogP contribution in [0.5, 0.6) is 0 Å². The van der Waals surface area contributed by atoms with Crippen molar-refractivity contribution in [2.75, 3.05) is 0 Å². The molecule has 0 saturated carbocycles. The highest BCUT2D eigenvalue weighted by Gasteiger charge is 2.48. The first-order valence-electron chi connectivity index (χ1n) is 8.62. The summed E-state index contributed by atoms with van der Waals surface area (Å²) in [6, 6.07) is 0. The van der Waals surface area contributed by atoms with Crippen molar-refractivity contribution in [1.29, 1.82) is 0 Å². The third-order valence-corrected chi connectivity index (χ3v) is 5.45. The minimum absolute atomic E-state index is 0.309. The van der Waals surface area contributed by atoms with Gasteiger partial charge in [-0.1, -0.05) is 80.4 Å². The third-order valence-electron chi connectivity index (χ3n) is 5.45. The molecule has 1 radical (unpaired) electrons. The summed E-state index contributed by atoms with van der Waals surface area (Å²) in [7, 11) is 0. The summed E-state index contributed by atoms with van der Waals surface area (Å²) < 4.78 is 0. The molecular weight excluding hydrogens is 240 g/mol. The average molecular weight is 280 g/mol. The van der Waals surface area contributed by atoms with Gasteiger partial charge >= 0.3 is 0 Å². The molecule has 0 rings (SSSR count). The predicted octanol–water partition coefficient (Wildman–Crippen LogP) is 7.19. The summed E-state index contributed by atoms with van der Waals surface area (Å²) in [5.41, 5.74) is 2.17. The van der Waals surface area contributed by atoms with Crippen molar-refractivity contribution in [3.05, 3.63) is 12.2 Å². The van der Waals surface area contributed by atoms with Gasteiger partial charge in [0.1, 0.15) is 0 Å². The smallest absolute Gasteiger partial charge is 0.0200 e. The van der Waals surface area contributed by atoms with E-state index in [1.54, 1.807) is 0 Å². The minimum atomic E-state index is 0.309. The maximum atomic E-state index is 6.28. The molecule has 0 aliphatic rings. The Morgan fingerprint density at radius 3 is 1.65 bits per heavy atom. The lowest BCUT2D eigenvalue weighted by molar-refractivity contribution is -0.0437. The summed E-state index contributed by atoms with van der Waals surface area (Å²) in [4.78, 5) is 0. The molecule has 0 N–H and O–H groups in total. The van der Waals surface area contributed by atoms with Crippen molar-refractivity contribution < 1.29 is 0 Å². The monoisotopic (exact) mass is 279 g/mol. The van der Waals surface area contributed by atoms with Crippen LogP contribution in [0, 0.1) is 22.8 Å². The maximum absolute atomic E-state index is 6.28. The van der Waals surface area contributed by atoms with E-state index in [0.29, 0.717) is 16.2 Å². The summed E-state index contributed by atoms with van der Waals surface area (Å²) in [5.74, 6) is 0.